The first-order valence-electron chi connectivity index (χ1n) is 6.18. The number of phenolic OH excluding ortho intramolecular Hbond substituents is 1. The third-order valence-electron chi connectivity index (χ3n) is 3.13. The van der Waals surface area contributed by atoms with E-state index < -0.39 is 23.6 Å². The Hall–Kier alpha value is -2.08. The molecule has 2 aromatic rings. The molecule has 0 spiro atoms. The summed E-state index contributed by atoms with van der Waals surface area (Å²) < 4.78 is 51.9. The van der Waals surface area contributed by atoms with Gasteiger partial charge >= 0.3 is 6.18 Å². The lowest BCUT2D eigenvalue weighted by atomic mass is 9.97. The Balaban J connectivity index is 2.27. The van der Waals surface area contributed by atoms with Crippen LogP contribution in [0.4, 0.5) is 17.6 Å². The number of phenols is 1. The van der Waals surface area contributed by atoms with E-state index in [1.165, 1.54) is 18.2 Å². The summed E-state index contributed by atoms with van der Waals surface area (Å²) in [7, 11) is 0. The lowest BCUT2D eigenvalue weighted by Gasteiger charge is -2.16. The topological polar surface area (TPSA) is 46.2 Å². The highest BCUT2D eigenvalue weighted by Crippen LogP contribution is 2.34. The Morgan fingerprint density at radius 2 is 1.67 bits per heavy atom. The fourth-order valence-corrected chi connectivity index (χ4v) is 2.05. The average Bonchev–Trinajstić information content (AvgIpc) is 2.40. The van der Waals surface area contributed by atoms with E-state index in [9.17, 15) is 17.6 Å². The first-order chi connectivity index (χ1) is 9.79. The van der Waals surface area contributed by atoms with Crippen molar-refractivity contribution in [3.05, 3.63) is 65.0 Å². The highest BCUT2D eigenvalue weighted by molar-refractivity contribution is 5.32. The second kappa shape index (κ2) is 5.73. The second-order valence-electron chi connectivity index (χ2n) is 4.68. The second-order valence-corrected chi connectivity index (χ2v) is 4.68. The van der Waals surface area contributed by atoms with Crippen LogP contribution < -0.4 is 5.73 Å². The first-order valence-corrected chi connectivity index (χ1v) is 6.18. The smallest absolute Gasteiger partial charge is 0.419 e. The van der Waals surface area contributed by atoms with Crippen LogP contribution in [0.25, 0.3) is 0 Å². The Kier molecular flexibility index (Phi) is 4.18. The van der Waals surface area contributed by atoms with E-state index >= 15 is 0 Å². The van der Waals surface area contributed by atoms with Gasteiger partial charge in [-0.3, -0.25) is 0 Å². The standard InChI is InChI=1S/C15H13F4NO/c16-14-11(2-1-3-12(14)15(17,18)19)13(20)8-9-4-6-10(21)7-5-9/h1-7,13,21H,8,20H2. The van der Waals surface area contributed by atoms with Crippen LogP contribution in [0, 0.1) is 5.82 Å². The van der Waals surface area contributed by atoms with E-state index in [1.54, 1.807) is 12.1 Å². The highest BCUT2D eigenvalue weighted by Gasteiger charge is 2.35. The number of hydrogen-bond acceptors (Lipinski definition) is 2. The minimum Gasteiger partial charge on any atom is -0.508 e. The van der Waals surface area contributed by atoms with Crippen LogP contribution in [-0.4, -0.2) is 5.11 Å². The summed E-state index contributed by atoms with van der Waals surface area (Å²) in [5, 5.41) is 9.16. The molecule has 0 radical (unpaired) electrons. The molecule has 2 aromatic carbocycles. The van der Waals surface area contributed by atoms with Gasteiger partial charge in [0.05, 0.1) is 5.56 Å². The van der Waals surface area contributed by atoms with E-state index in [2.05, 4.69) is 0 Å². The zero-order valence-corrected chi connectivity index (χ0v) is 10.9. The number of hydrogen-bond donors (Lipinski definition) is 2. The summed E-state index contributed by atoms with van der Waals surface area (Å²) in [6.45, 7) is 0. The molecular formula is C15H13F4NO. The molecule has 0 aromatic heterocycles. The monoisotopic (exact) mass is 299 g/mol. The maximum absolute atomic E-state index is 13.9. The first kappa shape index (κ1) is 15.3. The van der Waals surface area contributed by atoms with Crippen molar-refractivity contribution in [1.82, 2.24) is 0 Å². The van der Waals surface area contributed by atoms with Gasteiger partial charge in [0.2, 0.25) is 0 Å². The summed E-state index contributed by atoms with van der Waals surface area (Å²) in [5.74, 6) is -1.27. The molecule has 1 atom stereocenters. The van der Waals surface area contributed by atoms with Crippen molar-refractivity contribution >= 4 is 0 Å². The number of rotatable bonds is 3. The summed E-state index contributed by atoms with van der Waals surface area (Å²) >= 11 is 0. The molecule has 112 valence electrons. The van der Waals surface area contributed by atoms with Crippen molar-refractivity contribution in [2.45, 2.75) is 18.6 Å². The van der Waals surface area contributed by atoms with Crippen LogP contribution >= 0.6 is 0 Å². The quantitative estimate of drug-likeness (QED) is 0.847. The van der Waals surface area contributed by atoms with Crippen LogP contribution in [0.15, 0.2) is 42.5 Å². The predicted octanol–water partition coefficient (Wildman–Crippen LogP) is 3.79. The molecule has 0 aliphatic heterocycles. The average molecular weight is 299 g/mol. The van der Waals surface area contributed by atoms with Gasteiger partial charge in [-0.1, -0.05) is 24.3 Å². The molecule has 2 nitrogen and oxygen atoms in total. The number of nitrogens with two attached hydrogens (primary N) is 1. The maximum atomic E-state index is 13.9. The normalized spacial score (nSPS) is 13.2. The molecule has 0 aliphatic carbocycles. The van der Waals surface area contributed by atoms with E-state index in [4.69, 9.17) is 10.8 Å². The fourth-order valence-electron chi connectivity index (χ4n) is 2.05. The third kappa shape index (κ3) is 3.52. The Morgan fingerprint density at radius 3 is 2.24 bits per heavy atom. The highest BCUT2D eigenvalue weighted by atomic mass is 19.4. The molecule has 1 unspecified atom stereocenters. The van der Waals surface area contributed by atoms with Gasteiger partial charge in [0.15, 0.2) is 0 Å². The molecule has 3 N–H and O–H groups in total. The third-order valence-corrected chi connectivity index (χ3v) is 3.13. The van der Waals surface area contributed by atoms with Crippen LogP contribution in [0.3, 0.4) is 0 Å². The zero-order chi connectivity index (χ0) is 15.6. The molecule has 0 fully saturated rings. The summed E-state index contributed by atoms with van der Waals surface area (Å²) in [5.41, 5.74) is 5.00. The van der Waals surface area contributed by atoms with Crippen molar-refractivity contribution in [2.24, 2.45) is 5.73 Å². The van der Waals surface area contributed by atoms with Gasteiger partial charge in [0.25, 0.3) is 0 Å². The zero-order valence-electron chi connectivity index (χ0n) is 10.9. The van der Waals surface area contributed by atoms with Gasteiger partial charge in [-0.25, -0.2) is 4.39 Å². The summed E-state index contributed by atoms with van der Waals surface area (Å²) in [6, 6.07) is 8.20. The molecule has 0 saturated heterocycles. The number of halogens is 4. The minimum absolute atomic E-state index is 0.0672. The Bertz CT molecular complexity index is 623. The molecule has 6 heteroatoms. The summed E-state index contributed by atoms with van der Waals surface area (Å²) in [6.07, 6.45) is -4.59. The van der Waals surface area contributed by atoms with Gasteiger partial charge in [-0.05, 0) is 30.2 Å². The van der Waals surface area contributed by atoms with Crippen LogP contribution in [-0.2, 0) is 12.6 Å². The van der Waals surface area contributed by atoms with Crippen LogP contribution in [0.2, 0.25) is 0 Å². The molecule has 0 aliphatic rings. The van der Waals surface area contributed by atoms with Crippen molar-refractivity contribution in [3.8, 4) is 5.75 Å². The van der Waals surface area contributed by atoms with Crippen LogP contribution in [0.5, 0.6) is 5.75 Å². The molecular weight excluding hydrogens is 286 g/mol. The van der Waals surface area contributed by atoms with Gasteiger partial charge in [-0.2, -0.15) is 13.2 Å². The largest absolute Gasteiger partial charge is 0.508 e. The lowest BCUT2D eigenvalue weighted by molar-refractivity contribution is -0.140. The van der Waals surface area contributed by atoms with E-state index in [1.807, 2.05) is 0 Å². The van der Waals surface area contributed by atoms with E-state index in [-0.39, 0.29) is 17.7 Å². The number of alkyl halides is 3. The molecule has 0 heterocycles. The van der Waals surface area contributed by atoms with Crippen molar-refractivity contribution in [1.29, 1.82) is 0 Å². The number of aromatic hydroxyl groups is 1. The number of benzene rings is 2. The van der Waals surface area contributed by atoms with Crippen molar-refractivity contribution in [3.63, 3.8) is 0 Å². The molecule has 0 amide bonds. The van der Waals surface area contributed by atoms with E-state index in [0.29, 0.717) is 11.6 Å². The molecule has 2 rings (SSSR count). The fraction of sp³-hybridized carbons (Fsp3) is 0.200. The lowest BCUT2D eigenvalue weighted by Crippen LogP contribution is -2.18. The van der Waals surface area contributed by atoms with Crippen LogP contribution in [0.1, 0.15) is 22.7 Å². The van der Waals surface area contributed by atoms with E-state index in [0.717, 1.165) is 6.07 Å². The SMILES string of the molecule is NC(Cc1ccc(O)cc1)c1cccc(C(F)(F)F)c1F. The maximum Gasteiger partial charge on any atom is 0.419 e. The molecule has 0 saturated carbocycles. The molecule has 21 heavy (non-hydrogen) atoms. The summed E-state index contributed by atoms with van der Waals surface area (Å²) in [4.78, 5) is 0. The van der Waals surface area contributed by atoms with Gasteiger partial charge in [0.1, 0.15) is 11.6 Å². The Labute approximate surface area is 118 Å². The Morgan fingerprint density at radius 1 is 1.05 bits per heavy atom. The van der Waals surface area contributed by atoms with Gasteiger partial charge < -0.3 is 10.8 Å². The van der Waals surface area contributed by atoms with Gasteiger partial charge in [-0.15, -0.1) is 0 Å². The predicted molar refractivity (Wildman–Crippen MR) is 70.1 cm³/mol. The van der Waals surface area contributed by atoms with Gasteiger partial charge in [0, 0.05) is 11.6 Å². The minimum atomic E-state index is -4.75. The van der Waals surface area contributed by atoms with Crippen molar-refractivity contribution < 1.29 is 22.7 Å². The van der Waals surface area contributed by atoms with Crippen molar-refractivity contribution in [2.75, 3.05) is 0 Å². The molecule has 0 bridgehead atoms.